The van der Waals surface area contributed by atoms with Gasteiger partial charge in [0.05, 0.1) is 0 Å². The van der Waals surface area contributed by atoms with E-state index in [4.69, 9.17) is 4.98 Å². The van der Waals surface area contributed by atoms with Gasteiger partial charge in [-0.05, 0) is 37.8 Å². The highest BCUT2D eigenvalue weighted by Gasteiger charge is 2.20. The first-order valence-corrected chi connectivity index (χ1v) is 6.93. The summed E-state index contributed by atoms with van der Waals surface area (Å²) in [6.45, 7) is 5.16. The fourth-order valence-electron chi connectivity index (χ4n) is 2.33. The van der Waals surface area contributed by atoms with Gasteiger partial charge < -0.3 is 10.2 Å². The second kappa shape index (κ2) is 5.11. The molecule has 3 heteroatoms. The number of pyridine rings is 1. The fourth-order valence-corrected chi connectivity index (χ4v) is 2.33. The molecule has 1 aromatic heterocycles. The molecule has 3 nitrogen and oxygen atoms in total. The first-order valence-electron chi connectivity index (χ1n) is 6.93. The summed E-state index contributed by atoms with van der Waals surface area (Å²) in [6.07, 6.45) is 8.28. The lowest BCUT2D eigenvalue weighted by atomic mass is 10.2. The zero-order chi connectivity index (χ0) is 12.4. The van der Waals surface area contributed by atoms with Crippen LogP contribution in [0.3, 0.4) is 0 Å². The van der Waals surface area contributed by atoms with Gasteiger partial charge in [0.15, 0.2) is 0 Å². The molecule has 0 radical (unpaired) electrons. The molecule has 1 aliphatic heterocycles. The van der Waals surface area contributed by atoms with Crippen LogP contribution < -0.4 is 10.2 Å². The van der Waals surface area contributed by atoms with Crippen LogP contribution in [-0.4, -0.2) is 24.1 Å². The molecule has 1 N–H and O–H groups in total. The zero-order valence-electron chi connectivity index (χ0n) is 11.0. The number of hydrogen-bond acceptors (Lipinski definition) is 3. The van der Waals surface area contributed by atoms with E-state index in [1.807, 2.05) is 0 Å². The molecule has 2 aliphatic rings. The Morgan fingerprint density at radius 2 is 2.22 bits per heavy atom. The van der Waals surface area contributed by atoms with Gasteiger partial charge in [0.1, 0.15) is 5.82 Å². The maximum absolute atomic E-state index is 4.75. The molecule has 0 aromatic carbocycles. The Kier molecular flexibility index (Phi) is 3.33. The Morgan fingerprint density at radius 1 is 1.33 bits per heavy atom. The largest absolute Gasteiger partial charge is 0.353 e. The van der Waals surface area contributed by atoms with Gasteiger partial charge in [0.25, 0.3) is 0 Å². The molecule has 1 fully saturated rings. The molecular weight excluding hydrogens is 222 g/mol. The lowest BCUT2D eigenvalue weighted by molar-refractivity contribution is 0.681. The Morgan fingerprint density at radius 3 is 2.89 bits per heavy atom. The highest BCUT2D eigenvalue weighted by molar-refractivity contribution is 5.43. The molecular formula is C15H21N3. The molecule has 1 saturated carbocycles. The Balaban J connectivity index is 1.68. The van der Waals surface area contributed by atoms with Crippen molar-refractivity contribution in [3.8, 4) is 0 Å². The van der Waals surface area contributed by atoms with Crippen molar-refractivity contribution in [2.24, 2.45) is 0 Å². The van der Waals surface area contributed by atoms with Crippen molar-refractivity contribution in [2.75, 3.05) is 18.0 Å². The summed E-state index contributed by atoms with van der Waals surface area (Å²) in [5.41, 5.74) is 2.49. The van der Waals surface area contributed by atoms with Gasteiger partial charge in [-0.15, -0.1) is 0 Å². The van der Waals surface area contributed by atoms with Crippen molar-refractivity contribution in [1.29, 1.82) is 0 Å². The van der Waals surface area contributed by atoms with Crippen LogP contribution in [0.1, 0.15) is 30.5 Å². The van der Waals surface area contributed by atoms with Crippen molar-refractivity contribution in [1.82, 2.24) is 10.3 Å². The molecule has 1 aromatic rings. The summed E-state index contributed by atoms with van der Waals surface area (Å²) >= 11 is 0. The number of aromatic nitrogens is 1. The second-order valence-corrected chi connectivity index (χ2v) is 5.28. The van der Waals surface area contributed by atoms with Gasteiger partial charge >= 0.3 is 0 Å². The molecule has 1 aliphatic carbocycles. The Labute approximate surface area is 109 Å². The van der Waals surface area contributed by atoms with Crippen LogP contribution in [0.2, 0.25) is 0 Å². The Hall–Kier alpha value is -1.35. The van der Waals surface area contributed by atoms with E-state index in [0.717, 1.165) is 43.6 Å². The standard InChI is InChI=1S/C15H21N3/c1-12-13(11-16-14-6-7-14)5-8-15(17-12)18-9-3-2-4-10-18/h2-3,5,8,14,16H,4,6-7,9-11H2,1H3. The number of rotatable bonds is 4. The van der Waals surface area contributed by atoms with E-state index in [-0.39, 0.29) is 0 Å². The monoisotopic (exact) mass is 243 g/mol. The first kappa shape index (κ1) is 11.7. The quantitative estimate of drug-likeness (QED) is 0.823. The van der Waals surface area contributed by atoms with Gasteiger partial charge in [-0.25, -0.2) is 4.98 Å². The summed E-state index contributed by atoms with van der Waals surface area (Å²) in [4.78, 5) is 7.09. The van der Waals surface area contributed by atoms with Crippen molar-refractivity contribution >= 4 is 5.82 Å². The molecule has 0 unspecified atom stereocenters. The van der Waals surface area contributed by atoms with E-state index in [0.29, 0.717) is 0 Å². The van der Waals surface area contributed by atoms with Crippen molar-refractivity contribution in [3.63, 3.8) is 0 Å². The molecule has 0 atom stereocenters. The highest BCUT2D eigenvalue weighted by atomic mass is 15.2. The number of aryl methyl sites for hydroxylation is 1. The van der Waals surface area contributed by atoms with E-state index in [9.17, 15) is 0 Å². The predicted octanol–water partition coefficient (Wildman–Crippen LogP) is 2.41. The SMILES string of the molecule is Cc1nc(N2CC=CCC2)ccc1CNC1CC1. The number of anilines is 1. The summed E-state index contributed by atoms with van der Waals surface area (Å²) in [5, 5.41) is 3.55. The smallest absolute Gasteiger partial charge is 0.129 e. The summed E-state index contributed by atoms with van der Waals surface area (Å²) in [5.74, 6) is 1.12. The van der Waals surface area contributed by atoms with E-state index in [1.54, 1.807) is 0 Å². The molecule has 0 spiro atoms. The van der Waals surface area contributed by atoms with Gasteiger partial charge in [-0.3, -0.25) is 0 Å². The Bertz CT molecular complexity index is 449. The minimum absolute atomic E-state index is 0.760. The molecule has 0 bridgehead atoms. The van der Waals surface area contributed by atoms with Gasteiger partial charge in [-0.1, -0.05) is 18.2 Å². The third-order valence-electron chi connectivity index (χ3n) is 3.72. The van der Waals surface area contributed by atoms with Crippen LogP contribution >= 0.6 is 0 Å². The van der Waals surface area contributed by atoms with Crippen LogP contribution in [0.5, 0.6) is 0 Å². The van der Waals surface area contributed by atoms with Crippen molar-refractivity contribution in [3.05, 3.63) is 35.5 Å². The fraction of sp³-hybridized carbons (Fsp3) is 0.533. The van der Waals surface area contributed by atoms with Crippen LogP contribution in [-0.2, 0) is 6.54 Å². The minimum Gasteiger partial charge on any atom is -0.353 e. The summed E-state index contributed by atoms with van der Waals surface area (Å²) < 4.78 is 0. The maximum Gasteiger partial charge on any atom is 0.129 e. The molecule has 0 amide bonds. The normalized spacial score (nSPS) is 19.3. The maximum atomic E-state index is 4.75. The predicted molar refractivity (Wildman–Crippen MR) is 74.8 cm³/mol. The van der Waals surface area contributed by atoms with Gasteiger partial charge in [0, 0.05) is 31.4 Å². The minimum atomic E-state index is 0.760. The van der Waals surface area contributed by atoms with Crippen molar-refractivity contribution < 1.29 is 0 Å². The lowest BCUT2D eigenvalue weighted by Crippen LogP contribution is -2.28. The van der Waals surface area contributed by atoms with E-state index in [1.165, 1.54) is 18.4 Å². The topological polar surface area (TPSA) is 28.2 Å². The average molecular weight is 243 g/mol. The van der Waals surface area contributed by atoms with Crippen LogP contribution in [0.4, 0.5) is 5.82 Å². The van der Waals surface area contributed by atoms with Crippen LogP contribution in [0.15, 0.2) is 24.3 Å². The van der Waals surface area contributed by atoms with Gasteiger partial charge in [0.2, 0.25) is 0 Å². The van der Waals surface area contributed by atoms with E-state index < -0.39 is 0 Å². The zero-order valence-corrected chi connectivity index (χ0v) is 11.0. The first-order chi connectivity index (χ1) is 8.83. The molecule has 2 heterocycles. The third-order valence-corrected chi connectivity index (χ3v) is 3.72. The molecule has 18 heavy (non-hydrogen) atoms. The summed E-state index contributed by atoms with van der Waals surface area (Å²) in [7, 11) is 0. The van der Waals surface area contributed by atoms with E-state index in [2.05, 4.69) is 41.4 Å². The summed E-state index contributed by atoms with van der Waals surface area (Å²) in [6, 6.07) is 5.15. The average Bonchev–Trinajstić information content (AvgIpc) is 3.22. The van der Waals surface area contributed by atoms with E-state index >= 15 is 0 Å². The molecule has 0 saturated heterocycles. The van der Waals surface area contributed by atoms with Crippen LogP contribution in [0, 0.1) is 6.92 Å². The van der Waals surface area contributed by atoms with Gasteiger partial charge in [-0.2, -0.15) is 0 Å². The molecule has 96 valence electrons. The number of hydrogen-bond donors (Lipinski definition) is 1. The second-order valence-electron chi connectivity index (χ2n) is 5.28. The van der Waals surface area contributed by atoms with Crippen LogP contribution in [0.25, 0.3) is 0 Å². The lowest BCUT2D eigenvalue weighted by Gasteiger charge is -2.25. The highest BCUT2D eigenvalue weighted by Crippen LogP contribution is 2.21. The number of nitrogens with zero attached hydrogens (tertiary/aromatic N) is 2. The van der Waals surface area contributed by atoms with Crippen molar-refractivity contribution in [2.45, 2.75) is 38.8 Å². The number of nitrogens with one attached hydrogen (secondary N) is 1. The molecule has 3 rings (SSSR count). The third kappa shape index (κ3) is 2.72.